The minimum Gasteiger partial charge on any atom is -0.311 e. The molecule has 3 fully saturated rings. The minimum atomic E-state index is 0.720. The molecule has 224 valence electrons. The van der Waals surface area contributed by atoms with E-state index in [0.29, 0.717) is 0 Å². The van der Waals surface area contributed by atoms with E-state index < -0.39 is 0 Å². The van der Waals surface area contributed by atoms with E-state index in [2.05, 4.69) is 120 Å². The first-order valence-electron chi connectivity index (χ1n) is 17.3. The van der Waals surface area contributed by atoms with Crippen molar-refractivity contribution in [3.05, 3.63) is 126 Å². The second-order valence-corrected chi connectivity index (χ2v) is 15.0. The Bertz CT molecular complexity index is 1940. The van der Waals surface area contributed by atoms with Gasteiger partial charge in [0, 0.05) is 37.2 Å². The quantitative estimate of drug-likeness (QED) is 0.183. The van der Waals surface area contributed by atoms with Crippen molar-refractivity contribution in [2.24, 2.45) is 11.8 Å². The van der Waals surface area contributed by atoms with Gasteiger partial charge in [-0.2, -0.15) is 0 Å². The summed E-state index contributed by atoms with van der Waals surface area (Å²) in [6.07, 6.45) is 12.5. The Morgan fingerprint density at radius 1 is 0.533 bits per heavy atom. The van der Waals surface area contributed by atoms with Crippen LogP contribution in [0.4, 0.5) is 17.1 Å². The Morgan fingerprint density at radius 3 is 1.89 bits per heavy atom. The van der Waals surface area contributed by atoms with Gasteiger partial charge < -0.3 is 4.90 Å². The van der Waals surface area contributed by atoms with Crippen LogP contribution in [-0.4, -0.2) is 0 Å². The van der Waals surface area contributed by atoms with Gasteiger partial charge >= 0.3 is 0 Å². The minimum absolute atomic E-state index is 0.720. The highest BCUT2D eigenvalue weighted by Crippen LogP contribution is 2.53. The highest BCUT2D eigenvalue weighted by Gasteiger charge is 2.40. The fraction of sp³-hybridized carbons (Fsp3) is 0.302. The summed E-state index contributed by atoms with van der Waals surface area (Å²) in [4.78, 5) is 2.46. The van der Waals surface area contributed by atoms with Crippen LogP contribution in [0.5, 0.6) is 0 Å². The lowest BCUT2D eigenvalue weighted by Gasteiger charge is -2.28. The topological polar surface area (TPSA) is 3.24 Å². The molecule has 0 amide bonds. The van der Waals surface area contributed by atoms with Crippen molar-refractivity contribution in [2.45, 2.75) is 69.6 Å². The Balaban J connectivity index is 1.08. The van der Waals surface area contributed by atoms with Gasteiger partial charge in [0.1, 0.15) is 0 Å². The lowest BCUT2D eigenvalue weighted by atomic mass is 9.83. The molecule has 3 aliphatic carbocycles. The standard InChI is InChI=1S/C43H41NS/c1-2-7-30(8-3-1)31-15-21-35(22-16-31)44(37-25-19-33(20-26-37)40-28-29-13-14-34(40)27-29)36-23-17-32(18-24-36)38-10-6-12-42-43(38)39-9-4-5-11-41(39)45-42/h4-6,9-12,15-26,29-30,34,40H,1-3,7-8,13-14,27-28H2. The third-order valence-electron chi connectivity index (χ3n) is 11.4. The van der Waals surface area contributed by atoms with E-state index in [0.717, 1.165) is 23.7 Å². The number of benzene rings is 5. The molecular formula is C43H41NS. The monoisotopic (exact) mass is 603 g/mol. The number of hydrogen-bond acceptors (Lipinski definition) is 2. The van der Waals surface area contributed by atoms with Crippen LogP contribution < -0.4 is 4.90 Å². The van der Waals surface area contributed by atoms with Crippen LogP contribution in [0.3, 0.4) is 0 Å². The molecule has 3 unspecified atom stereocenters. The van der Waals surface area contributed by atoms with Crippen LogP contribution in [-0.2, 0) is 0 Å². The molecule has 2 bridgehead atoms. The summed E-state index contributed by atoms with van der Waals surface area (Å²) in [5, 5.41) is 2.73. The summed E-state index contributed by atoms with van der Waals surface area (Å²) in [5.74, 6) is 3.35. The van der Waals surface area contributed by atoms with Gasteiger partial charge in [0.15, 0.2) is 0 Å². The van der Waals surface area contributed by atoms with E-state index in [4.69, 9.17) is 0 Å². The molecular weight excluding hydrogens is 563 g/mol. The number of nitrogens with zero attached hydrogens (tertiary/aromatic N) is 1. The van der Waals surface area contributed by atoms with Crippen LogP contribution in [0.15, 0.2) is 115 Å². The second kappa shape index (κ2) is 11.5. The lowest BCUT2D eigenvalue weighted by Crippen LogP contribution is -2.12. The summed E-state index contributed by atoms with van der Waals surface area (Å²) in [7, 11) is 0. The van der Waals surface area contributed by atoms with Crippen LogP contribution in [0.1, 0.15) is 80.8 Å². The van der Waals surface area contributed by atoms with Crippen molar-refractivity contribution < 1.29 is 0 Å². The zero-order chi connectivity index (χ0) is 29.7. The first-order valence-corrected chi connectivity index (χ1v) is 18.1. The molecule has 0 radical (unpaired) electrons. The second-order valence-electron chi connectivity index (χ2n) is 14.0. The summed E-state index contributed by atoms with van der Waals surface area (Å²) >= 11 is 1.89. The van der Waals surface area contributed by atoms with E-state index in [-0.39, 0.29) is 0 Å². The van der Waals surface area contributed by atoms with Gasteiger partial charge in [-0.15, -0.1) is 11.3 Å². The van der Waals surface area contributed by atoms with E-state index in [1.807, 2.05) is 11.3 Å². The zero-order valence-corrected chi connectivity index (χ0v) is 26.8. The van der Waals surface area contributed by atoms with Gasteiger partial charge in [-0.3, -0.25) is 0 Å². The van der Waals surface area contributed by atoms with Gasteiger partial charge in [0.2, 0.25) is 0 Å². The summed E-state index contributed by atoms with van der Waals surface area (Å²) in [6, 6.07) is 44.0. The predicted octanol–water partition coefficient (Wildman–Crippen LogP) is 13.1. The van der Waals surface area contributed by atoms with Crippen molar-refractivity contribution in [3.8, 4) is 11.1 Å². The molecule has 0 N–H and O–H groups in total. The number of fused-ring (bicyclic) bond motifs is 5. The predicted molar refractivity (Wildman–Crippen MR) is 193 cm³/mol. The van der Waals surface area contributed by atoms with E-state index in [1.54, 1.807) is 5.56 Å². The maximum Gasteiger partial charge on any atom is 0.0462 e. The first kappa shape index (κ1) is 27.4. The maximum absolute atomic E-state index is 2.46. The molecule has 3 atom stereocenters. The molecule has 6 aromatic rings. The Hall–Kier alpha value is -3.88. The van der Waals surface area contributed by atoms with E-state index in [9.17, 15) is 0 Å². The largest absolute Gasteiger partial charge is 0.311 e. The molecule has 1 aromatic heterocycles. The molecule has 0 aliphatic heterocycles. The Kier molecular flexibility index (Phi) is 7.00. The highest BCUT2D eigenvalue weighted by atomic mass is 32.1. The maximum atomic E-state index is 2.46. The number of thiophene rings is 1. The molecule has 3 aliphatic rings. The number of anilines is 3. The third-order valence-corrected chi connectivity index (χ3v) is 12.5. The summed E-state index contributed by atoms with van der Waals surface area (Å²) in [5.41, 5.74) is 9.33. The third kappa shape index (κ3) is 4.99. The molecule has 0 spiro atoms. The van der Waals surface area contributed by atoms with Crippen LogP contribution in [0.2, 0.25) is 0 Å². The molecule has 5 aromatic carbocycles. The molecule has 9 rings (SSSR count). The Morgan fingerprint density at radius 2 is 1.20 bits per heavy atom. The molecule has 45 heavy (non-hydrogen) atoms. The van der Waals surface area contributed by atoms with Crippen molar-refractivity contribution in [2.75, 3.05) is 4.90 Å². The summed E-state index contributed by atoms with van der Waals surface area (Å²) in [6.45, 7) is 0. The number of hydrogen-bond donors (Lipinski definition) is 0. The average molecular weight is 604 g/mol. The fourth-order valence-electron chi connectivity index (χ4n) is 9.11. The van der Waals surface area contributed by atoms with Crippen LogP contribution >= 0.6 is 11.3 Å². The molecule has 0 saturated heterocycles. The van der Waals surface area contributed by atoms with Crippen LogP contribution in [0, 0.1) is 11.8 Å². The fourth-order valence-corrected chi connectivity index (χ4v) is 10.2. The van der Waals surface area contributed by atoms with Gasteiger partial charge in [-0.05, 0) is 127 Å². The van der Waals surface area contributed by atoms with Crippen LogP contribution in [0.25, 0.3) is 31.3 Å². The smallest absolute Gasteiger partial charge is 0.0462 e. The van der Waals surface area contributed by atoms with Gasteiger partial charge in [-0.1, -0.05) is 92.4 Å². The van der Waals surface area contributed by atoms with Gasteiger partial charge in [0.25, 0.3) is 0 Å². The van der Waals surface area contributed by atoms with E-state index >= 15 is 0 Å². The zero-order valence-electron chi connectivity index (χ0n) is 26.0. The van der Waals surface area contributed by atoms with Crippen molar-refractivity contribution >= 4 is 48.6 Å². The molecule has 3 saturated carbocycles. The molecule has 1 nitrogen and oxygen atoms in total. The van der Waals surface area contributed by atoms with E-state index in [1.165, 1.54) is 112 Å². The Labute approximate surface area is 271 Å². The van der Waals surface area contributed by atoms with Crippen molar-refractivity contribution in [1.29, 1.82) is 0 Å². The van der Waals surface area contributed by atoms with Gasteiger partial charge in [0.05, 0.1) is 0 Å². The normalized spacial score (nSPS) is 21.6. The molecule has 1 heterocycles. The average Bonchev–Trinajstić information content (AvgIpc) is 3.85. The summed E-state index contributed by atoms with van der Waals surface area (Å²) < 4.78 is 2.71. The SMILES string of the molecule is c1ccc2c(c1)sc1cccc(-c3ccc(N(c4ccc(C5CCCCC5)cc4)c4ccc(C5CC6CCC5C6)cc4)cc3)c12. The molecule has 2 heteroatoms. The first-order chi connectivity index (χ1) is 22.3. The van der Waals surface area contributed by atoms with Gasteiger partial charge in [-0.25, -0.2) is 0 Å². The lowest BCUT2D eigenvalue weighted by molar-refractivity contribution is 0.420. The van der Waals surface area contributed by atoms with Crippen molar-refractivity contribution in [3.63, 3.8) is 0 Å². The number of rotatable bonds is 6. The van der Waals surface area contributed by atoms with Crippen molar-refractivity contribution in [1.82, 2.24) is 0 Å². The highest BCUT2D eigenvalue weighted by molar-refractivity contribution is 7.25.